The molecule has 0 saturated heterocycles. The number of nitrogens with one attached hydrogen (secondary N) is 2. The van der Waals surface area contributed by atoms with Gasteiger partial charge < -0.3 is 15.2 Å². The summed E-state index contributed by atoms with van der Waals surface area (Å²) in [6.07, 6.45) is 0.654. The molecule has 2 N–H and O–H groups in total. The molecule has 2 aromatic rings. The smallest absolute Gasteiger partial charge is 0.251 e. The fourth-order valence-electron chi connectivity index (χ4n) is 1.72. The summed E-state index contributed by atoms with van der Waals surface area (Å²) in [5, 5.41) is 10.4. The van der Waals surface area contributed by atoms with Crippen LogP contribution in [-0.4, -0.2) is 29.1 Å². The number of aromatic nitrogens is 2. The lowest BCUT2D eigenvalue weighted by Crippen LogP contribution is -2.24. The van der Waals surface area contributed by atoms with Gasteiger partial charge >= 0.3 is 0 Å². The van der Waals surface area contributed by atoms with Gasteiger partial charge in [0, 0.05) is 18.0 Å². The van der Waals surface area contributed by atoms with Crippen LogP contribution in [0.15, 0.2) is 22.7 Å². The molecule has 0 aliphatic heterocycles. The van der Waals surface area contributed by atoms with Gasteiger partial charge in [0.15, 0.2) is 5.82 Å². The van der Waals surface area contributed by atoms with Crippen molar-refractivity contribution in [2.24, 2.45) is 0 Å². The summed E-state index contributed by atoms with van der Waals surface area (Å²) in [4.78, 5) is 16.2. The molecule has 0 bridgehead atoms. The molecule has 118 valence electrons. The molecule has 0 aliphatic carbocycles. The van der Waals surface area contributed by atoms with Crippen LogP contribution in [0, 0.1) is 0 Å². The number of nitrogens with zero attached hydrogens (tertiary/aromatic N) is 2. The maximum Gasteiger partial charge on any atom is 0.251 e. The molecule has 0 aliphatic rings. The van der Waals surface area contributed by atoms with Crippen LogP contribution >= 0.6 is 23.2 Å². The largest absolute Gasteiger partial charge is 0.343 e. The van der Waals surface area contributed by atoms with Crippen LogP contribution in [0.5, 0.6) is 0 Å². The van der Waals surface area contributed by atoms with Crippen LogP contribution in [0.25, 0.3) is 0 Å². The first-order chi connectivity index (χ1) is 10.5. The lowest BCUT2D eigenvalue weighted by Gasteiger charge is -2.05. The summed E-state index contributed by atoms with van der Waals surface area (Å²) in [6.45, 7) is 2.17. The van der Waals surface area contributed by atoms with Crippen molar-refractivity contribution in [1.82, 2.24) is 20.8 Å². The van der Waals surface area contributed by atoms with Crippen molar-refractivity contribution < 1.29 is 9.32 Å². The van der Waals surface area contributed by atoms with Crippen LogP contribution in [0.3, 0.4) is 0 Å². The van der Waals surface area contributed by atoms with E-state index in [-0.39, 0.29) is 18.5 Å². The predicted octanol–water partition coefficient (Wildman–Crippen LogP) is 2.46. The van der Waals surface area contributed by atoms with Crippen molar-refractivity contribution in [2.75, 3.05) is 7.05 Å². The quantitative estimate of drug-likeness (QED) is 0.842. The number of halogens is 2. The van der Waals surface area contributed by atoms with Gasteiger partial charge in [0.25, 0.3) is 5.91 Å². The van der Waals surface area contributed by atoms with E-state index < -0.39 is 0 Å². The zero-order chi connectivity index (χ0) is 16.1. The van der Waals surface area contributed by atoms with Gasteiger partial charge in [-0.2, -0.15) is 4.98 Å². The van der Waals surface area contributed by atoms with Crippen LogP contribution in [-0.2, 0) is 13.0 Å². The average molecular weight is 343 g/mol. The highest BCUT2D eigenvalue weighted by Gasteiger charge is 2.12. The van der Waals surface area contributed by atoms with E-state index in [2.05, 4.69) is 20.8 Å². The monoisotopic (exact) mass is 342 g/mol. The Morgan fingerprint density at radius 3 is 2.82 bits per heavy atom. The normalized spacial score (nSPS) is 12.2. The van der Waals surface area contributed by atoms with Crippen molar-refractivity contribution in [1.29, 1.82) is 0 Å². The number of carbonyl (C=O) groups excluding carboxylic acids is 1. The van der Waals surface area contributed by atoms with Gasteiger partial charge in [0.2, 0.25) is 5.89 Å². The molecule has 1 aromatic heterocycles. The molecule has 22 heavy (non-hydrogen) atoms. The van der Waals surface area contributed by atoms with E-state index in [1.165, 1.54) is 6.07 Å². The molecule has 0 radical (unpaired) electrons. The van der Waals surface area contributed by atoms with E-state index >= 15 is 0 Å². The number of hydrogen-bond acceptors (Lipinski definition) is 5. The Morgan fingerprint density at radius 1 is 1.36 bits per heavy atom. The highest BCUT2D eigenvalue weighted by Crippen LogP contribution is 2.22. The minimum absolute atomic E-state index is 0.153. The first-order valence-corrected chi connectivity index (χ1v) is 7.47. The Balaban J connectivity index is 1.92. The fraction of sp³-hybridized carbons (Fsp3) is 0.357. The number of benzene rings is 1. The third-order valence-electron chi connectivity index (χ3n) is 3.07. The third-order valence-corrected chi connectivity index (χ3v) is 3.81. The van der Waals surface area contributed by atoms with Gasteiger partial charge in [-0.25, -0.2) is 0 Å². The van der Waals surface area contributed by atoms with Crippen molar-refractivity contribution in [3.8, 4) is 0 Å². The Hall–Kier alpha value is -1.63. The van der Waals surface area contributed by atoms with E-state index in [1.807, 2.05) is 14.0 Å². The van der Waals surface area contributed by atoms with Crippen molar-refractivity contribution in [2.45, 2.75) is 25.9 Å². The first kappa shape index (κ1) is 16.7. The third kappa shape index (κ3) is 4.43. The molecule has 0 saturated carbocycles. The van der Waals surface area contributed by atoms with Gasteiger partial charge in [-0.1, -0.05) is 28.4 Å². The molecular weight excluding hydrogens is 327 g/mol. The number of amides is 1. The fourth-order valence-corrected chi connectivity index (χ4v) is 2.01. The molecule has 1 unspecified atom stereocenters. The topological polar surface area (TPSA) is 80.0 Å². The Bertz CT molecular complexity index is 660. The van der Waals surface area contributed by atoms with E-state index in [4.69, 9.17) is 27.7 Å². The van der Waals surface area contributed by atoms with Crippen LogP contribution < -0.4 is 10.6 Å². The number of likely N-dealkylation sites (N-methyl/N-ethyl adjacent to an activating group) is 1. The van der Waals surface area contributed by atoms with Crippen molar-refractivity contribution in [3.63, 3.8) is 0 Å². The van der Waals surface area contributed by atoms with E-state index in [1.54, 1.807) is 12.1 Å². The van der Waals surface area contributed by atoms with E-state index in [0.717, 1.165) is 0 Å². The molecule has 1 amide bonds. The maximum absolute atomic E-state index is 12.0. The Morgan fingerprint density at radius 2 is 2.14 bits per heavy atom. The molecule has 0 fully saturated rings. The minimum atomic E-state index is -0.290. The average Bonchev–Trinajstić information content (AvgIpc) is 2.95. The van der Waals surface area contributed by atoms with Gasteiger partial charge in [0.1, 0.15) is 0 Å². The minimum Gasteiger partial charge on any atom is -0.343 e. The highest BCUT2D eigenvalue weighted by molar-refractivity contribution is 6.42. The van der Waals surface area contributed by atoms with E-state index in [9.17, 15) is 4.79 Å². The van der Waals surface area contributed by atoms with Crippen LogP contribution in [0.1, 0.15) is 29.0 Å². The first-order valence-electron chi connectivity index (χ1n) is 6.71. The van der Waals surface area contributed by atoms with Gasteiger partial charge in [-0.05, 0) is 32.2 Å². The summed E-state index contributed by atoms with van der Waals surface area (Å²) < 4.78 is 5.09. The molecule has 1 aromatic carbocycles. The SMILES string of the molecule is CNC(C)Cc1noc(CNC(=O)c2ccc(Cl)c(Cl)c2)n1. The molecule has 1 heterocycles. The predicted molar refractivity (Wildman–Crippen MR) is 84.2 cm³/mol. The molecule has 1 atom stereocenters. The number of rotatable bonds is 6. The number of hydrogen-bond donors (Lipinski definition) is 2. The lowest BCUT2D eigenvalue weighted by atomic mass is 10.2. The van der Waals surface area contributed by atoms with Crippen molar-refractivity contribution >= 4 is 29.1 Å². The second-order valence-corrected chi connectivity index (χ2v) is 5.62. The summed E-state index contributed by atoms with van der Waals surface area (Å²) >= 11 is 11.7. The zero-order valence-corrected chi connectivity index (χ0v) is 13.7. The van der Waals surface area contributed by atoms with Crippen LogP contribution in [0.4, 0.5) is 0 Å². The Labute approximate surface area is 138 Å². The lowest BCUT2D eigenvalue weighted by molar-refractivity contribution is 0.0946. The van der Waals surface area contributed by atoms with E-state index in [0.29, 0.717) is 33.7 Å². The summed E-state index contributed by atoms with van der Waals surface area (Å²) in [7, 11) is 1.86. The van der Waals surface area contributed by atoms with Gasteiger partial charge in [0.05, 0.1) is 16.6 Å². The highest BCUT2D eigenvalue weighted by atomic mass is 35.5. The summed E-state index contributed by atoms with van der Waals surface area (Å²) in [5.74, 6) is 0.661. The van der Waals surface area contributed by atoms with Gasteiger partial charge in [-0.3, -0.25) is 4.79 Å². The maximum atomic E-state index is 12.0. The summed E-state index contributed by atoms with van der Waals surface area (Å²) in [5.41, 5.74) is 0.415. The standard InChI is InChI=1S/C14H16Cl2N4O2/c1-8(17-2)5-12-19-13(22-20-12)7-18-14(21)9-3-4-10(15)11(16)6-9/h3-4,6,8,17H,5,7H2,1-2H3,(H,18,21). The molecule has 2 rings (SSSR count). The molecular formula is C14H16Cl2N4O2. The van der Waals surface area contributed by atoms with Crippen LogP contribution in [0.2, 0.25) is 10.0 Å². The molecule has 0 spiro atoms. The molecule has 8 heteroatoms. The summed E-state index contributed by atoms with van der Waals surface area (Å²) in [6, 6.07) is 4.92. The van der Waals surface area contributed by atoms with Crippen molar-refractivity contribution in [3.05, 3.63) is 45.5 Å². The zero-order valence-electron chi connectivity index (χ0n) is 12.2. The second-order valence-electron chi connectivity index (χ2n) is 4.81. The second kappa shape index (κ2) is 7.58. The number of carbonyl (C=O) groups is 1. The van der Waals surface area contributed by atoms with Gasteiger partial charge in [-0.15, -0.1) is 0 Å². The molecule has 6 nitrogen and oxygen atoms in total. The Kier molecular flexibility index (Phi) is 5.76.